The van der Waals surface area contributed by atoms with E-state index in [0.29, 0.717) is 5.69 Å². The zero-order valence-corrected chi connectivity index (χ0v) is 17.6. The molecular weight excluding hydrogens is 430 g/mol. The quantitative estimate of drug-likeness (QED) is 0.617. The molecule has 2 heterocycles. The van der Waals surface area contributed by atoms with E-state index in [1.807, 2.05) is 4.72 Å². The lowest BCUT2D eigenvalue weighted by Crippen LogP contribution is -2.57. The number of fused-ring (bicyclic) bond motifs is 1. The summed E-state index contributed by atoms with van der Waals surface area (Å²) in [6.07, 6.45) is 0. The summed E-state index contributed by atoms with van der Waals surface area (Å²) in [6.45, 7) is 3.63. The predicted octanol–water partition coefficient (Wildman–Crippen LogP) is 3.64. The molecule has 2 aromatic carbocycles. The van der Waals surface area contributed by atoms with Gasteiger partial charge in [-0.1, -0.05) is 12.1 Å². The smallest absolute Gasteiger partial charge is 0.300 e. The van der Waals surface area contributed by atoms with Crippen LogP contribution < -0.4 is 14.4 Å². The number of para-hydroxylation sites is 1. The van der Waals surface area contributed by atoms with Gasteiger partial charge in [0.2, 0.25) is 0 Å². The minimum atomic E-state index is -4.27. The summed E-state index contributed by atoms with van der Waals surface area (Å²) >= 11 is 0. The van der Waals surface area contributed by atoms with E-state index in [-0.39, 0.29) is 47.1 Å². The third-order valence-electron chi connectivity index (χ3n) is 4.87. The van der Waals surface area contributed by atoms with Crippen molar-refractivity contribution in [2.45, 2.75) is 24.4 Å². The normalized spacial score (nSPS) is 15.5. The first kappa shape index (κ1) is 21.1. The maximum absolute atomic E-state index is 14.5. The Kier molecular flexibility index (Phi) is 5.12. The standard InChI is InChI=1S/C21H20F2N2O5S/c1-3-29-16-6-4-5-7-19(16)31(27,28)24-20(26)18-10-14-15(22)8-13(9-17(14)30-18)25-11-21(2,23)12-25/h4-10H,3,11-12H2,1-2H3,(H,24,26). The maximum Gasteiger partial charge on any atom is 0.300 e. The molecule has 0 bridgehead atoms. The van der Waals surface area contributed by atoms with Crippen LogP contribution in [0.1, 0.15) is 24.4 Å². The first-order valence-corrected chi connectivity index (χ1v) is 11.0. The van der Waals surface area contributed by atoms with Crippen molar-refractivity contribution in [3.05, 3.63) is 54.0 Å². The Morgan fingerprint density at radius 3 is 2.65 bits per heavy atom. The van der Waals surface area contributed by atoms with E-state index < -0.39 is 27.4 Å². The second-order valence-electron chi connectivity index (χ2n) is 7.53. The number of carbonyl (C=O) groups is 1. The lowest BCUT2D eigenvalue weighted by molar-refractivity contribution is 0.0956. The lowest BCUT2D eigenvalue weighted by Gasteiger charge is -2.43. The van der Waals surface area contributed by atoms with Crippen LogP contribution in [-0.2, 0) is 10.0 Å². The van der Waals surface area contributed by atoms with Gasteiger partial charge in [-0.25, -0.2) is 21.9 Å². The molecule has 0 atom stereocenters. The number of benzene rings is 2. The number of halogens is 2. The van der Waals surface area contributed by atoms with E-state index in [9.17, 15) is 22.0 Å². The molecule has 0 aliphatic carbocycles. The van der Waals surface area contributed by atoms with E-state index >= 15 is 0 Å². The molecule has 1 amide bonds. The molecule has 0 radical (unpaired) electrons. The van der Waals surface area contributed by atoms with E-state index in [1.165, 1.54) is 37.3 Å². The summed E-state index contributed by atoms with van der Waals surface area (Å²) in [4.78, 5) is 14.0. The van der Waals surface area contributed by atoms with Crippen molar-refractivity contribution in [3.8, 4) is 5.75 Å². The molecule has 1 aromatic heterocycles. The van der Waals surface area contributed by atoms with Gasteiger partial charge >= 0.3 is 5.91 Å². The van der Waals surface area contributed by atoms with Gasteiger partial charge in [-0.3, -0.25) is 4.79 Å². The number of anilines is 1. The Bertz CT molecular complexity index is 1260. The number of hydrogen-bond donors (Lipinski definition) is 1. The van der Waals surface area contributed by atoms with Crippen molar-refractivity contribution in [1.82, 2.24) is 4.72 Å². The highest BCUT2D eigenvalue weighted by molar-refractivity contribution is 7.90. The summed E-state index contributed by atoms with van der Waals surface area (Å²) in [5, 5.41) is 0.0181. The average Bonchev–Trinajstić information content (AvgIpc) is 3.11. The van der Waals surface area contributed by atoms with Crippen LogP contribution in [0.15, 0.2) is 51.8 Å². The van der Waals surface area contributed by atoms with Crippen molar-refractivity contribution in [1.29, 1.82) is 0 Å². The van der Waals surface area contributed by atoms with Gasteiger partial charge < -0.3 is 14.1 Å². The topological polar surface area (TPSA) is 88.8 Å². The van der Waals surface area contributed by atoms with Crippen LogP contribution in [0.5, 0.6) is 5.75 Å². The number of nitrogens with one attached hydrogen (secondary N) is 1. The molecule has 1 N–H and O–H groups in total. The van der Waals surface area contributed by atoms with Gasteiger partial charge in [0.25, 0.3) is 10.0 Å². The molecule has 3 aromatic rings. The summed E-state index contributed by atoms with van der Waals surface area (Å²) in [6, 6.07) is 9.72. The Morgan fingerprint density at radius 1 is 1.26 bits per heavy atom. The minimum Gasteiger partial charge on any atom is -0.492 e. The largest absolute Gasteiger partial charge is 0.492 e. The number of carbonyl (C=O) groups excluding carboxylic acids is 1. The third kappa shape index (κ3) is 4.07. The zero-order valence-electron chi connectivity index (χ0n) is 16.8. The van der Waals surface area contributed by atoms with Gasteiger partial charge in [-0.15, -0.1) is 0 Å². The van der Waals surface area contributed by atoms with Gasteiger partial charge in [0.05, 0.1) is 25.1 Å². The van der Waals surface area contributed by atoms with Gasteiger partial charge in [-0.2, -0.15) is 0 Å². The van der Waals surface area contributed by atoms with Crippen molar-refractivity contribution in [2.75, 3.05) is 24.6 Å². The number of amides is 1. The molecule has 1 saturated heterocycles. The van der Waals surface area contributed by atoms with Crippen LogP contribution in [0.2, 0.25) is 0 Å². The number of alkyl halides is 1. The lowest BCUT2D eigenvalue weighted by atomic mass is 9.98. The van der Waals surface area contributed by atoms with Crippen molar-refractivity contribution >= 4 is 32.6 Å². The van der Waals surface area contributed by atoms with Gasteiger partial charge in [0.1, 0.15) is 27.7 Å². The molecule has 7 nitrogen and oxygen atoms in total. The Labute approximate surface area is 177 Å². The van der Waals surface area contributed by atoms with Gasteiger partial charge in [0.15, 0.2) is 5.76 Å². The predicted molar refractivity (Wildman–Crippen MR) is 110 cm³/mol. The number of rotatable bonds is 6. The van der Waals surface area contributed by atoms with Crippen molar-refractivity contribution in [3.63, 3.8) is 0 Å². The molecule has 0 unspecified atom stereocenters. The summed E-state index contributed by atoms with van der Waals surface area (Å²) in [5.41, 5.74) is -0.870. The van der Waals surface area contributed by atoms with Gasteiger partial charge in [-0.05, 0) is 32.0 Å². The molecule has 0 spiro atoms. The molecule has 1 fully saturated rings. The molecule has 4 rings (SSSR count). The molecule has 31 heavy (non-hydrogen) atoms. The Hall–Kier alpha value is -3.14. The van der Waals surface area contributed by atoms with Crippen LogP contribution in [0, 0.1) is 5.82 Å². The number of furan rings is 1. The second kappa shape index (κ2) is 7.52. The average molecular weight is 450 g/mol. The van der Waals surface area contributed by atoms with Crippen LogP contribution in [-0.4, -0.2) is 39.7 Å². The van der Waals surface area contributed by atoms with Crippen LogP contribution >= 0.6 is 0 Å². The number of nitrogens with zero attached hydrogens (tertiary/aromatic N) is 1. The first-order chi connectivity index (χ1) is 14.6. The highest BCUT2D eigenvalue weighted by atomic mass is 32.2. The van der Waals surface area contributed by atoms with Crippen molar-refractivity contribution < 1.29 is 31.1 Å². The van der Waals surface area contributed by atoms with E-state index in [0.717, 1.165) is 6.07 Å². The monoisotopic (exact) mass is 450 g/mol. The molecule has 1 aliphatic rings. The number of hydrogen-bond acceptors (Lipinski definition) is 6. The highest BCUT2D eigenvalue weighted by Crippen LogP contribution is 2.34. The summed E-state index contributed by atoms with van der Waals surface area (Å²) in [5.74, 6) is -1.99. The van der Waals surface area contributed by atoms with Gasteiger partial charge in [0, 0.05) is 17.8 Å². The first-order valence-electron chi connectivity index (χ1n) is 9.55. The van der Waals surface area contributed by atoms with E-state index in [4.69, 9.17) is 9.15 Å². The Balaban J connectivity index is 1.60. The van der Waals surface area contributed by atoms with E-state index in [1.54, 1.807) is 17.9 Å². The molecular formula is C21H20F2N2O5S. The Morgan fingerprint density at radius 2 is 1.97 bits per heavy atom. The van der Waals surface area contributed by atoms with Crippen LogP contribution in [0.4, 0.5) is 14.5 Å². The second-order valence-corrected chi connectivity index (χ2v) is 9.18. The molecule has 10 heteroatoms. The molecule has 0 saturated carbocycles. The number of ether oxygens (including phenoxy) is 1. The van der Waals surface area contributed by atoms with Crippen LogP contribution in [0.3, 0.4) is 0 Å². The highest BCUT2D eigenvalue weighted by Gasteiger charge is 2.39. The fourth-order valence-electron chi connectivity index (χ4n) is 3.48. The van der Waals surface area contributed by atoms with Crippen LogP contribution in [0.25, 0.3) is 11.0 Å². The zero-order chi connectivity index (χ0) is 22.4. The maximum atomic E-state index is 14.5. The van der Waals surface area contributed by atoms with Crippen molar-refractivity contribution in [2.24, 2.45) is 0 Å². The third-order valence-corrected chi connectivity index (χ3v) is 6.24. The fourth-order valence-corrected chi connectivity index (χ4v) is 4.59. The molecule has 1 aliphatic heterocycles. The SMILES string of the molecule is CCOc1ccccc1S(=O)(=O)NC(=O)c1cc2c(F)cc(N3CC(C)(F)C3)cc2o1. The number of sulfonamides is 1. The minimum absolute atomic E-state index is 0.0181. The fraction of sp³-hybridized carbons (Fsp3) is 0.286. The summed E-state index contributed by atoms with van der Waals surface area (Å²) in [7, 11) is -4.27. The summed E-state index contributed by atoms with van der Waals surface area (Å²) < 4.78 is 66.3. The molecule has 164 valence electrons. The van der Waals surface area contributed by atoms with E-state index in [2.05, 4.69) is 0 Å².